The summed E-state index contributed by atoms with van der Waals surface area (Å²) >= 11 is 0. The topological polar surface area (TPSA) is 24.5 Å². The van der Waals surface area contributed by atoms with E-state index in [0.717, 1.165) is 32.8 Å². The summed E-state index contributed by atoms with van der Waals surface area (Å²) in [7, 11) is 0. The average Bonchev–Trinajstić information content (AvgIpc) is 2.83. The average molecular weight is 268 g/mol. The predicted octanol–water partition coefficient (Wildman–Crippen LogP) is 2.80. The van der Waals surface area contributed by atoms with Crippen molar-refractivity contribution in [1.82, 2.24) is 10.2 Å². The van der Waals surface area contributed by atoms with Gasteiger partial charge in [0.15, 0.2) is 0 Å². The maximum Gasteiger partial charge on any atom is 0.0593 e. The Morgan fingerprint density at radius 1 is 1.16 bits per heavy atom. The Morgan fingerprint density at radius 3 is 2.58 bits per heavy atom. The zero-order chi connectivity index (χ0) is 13.8. The van der Waals surface area contributed by atoms with Crippen molar-refractivity contribution in [2.45, 2.75) is 70.4 Å². The van der Waals surface area contributed by atoms with Crippen LogP contribution >= 0.6 is 0 Å². The van der Waals surface area contributed by atoms with Gasteiger partial charge in [0, 0.05) is 37.3 Å². The summed E-state index contributed by atoms with van der Waals surface area (Å²) in [5, 5.41) is 3.75. The lowest BCUT2D eigenvalue weighted by atomic mass is 9.87. The van der Waals surface area contributed by atoms with Gasteiger partial charge in [-0.25, -0.2) is 0 Å². The SMILES string of the molecule is CCCCOCCN1CC(C)(C)NCC12CCCC2. The number of piperazine rings is 1. The fraction of sp³-hybridized carbons (Fsp3) is 1.00. The maximum absolute atomic E-state index is 5.79. The molecule has 112 valence electrons. The third-order valence-corrected chi connectivity index (χ3v) is 4.84. The third kappa shape index (κ3) is 3.93. The van der Waals surface area contributed by atoms with Crippen molar-refractivity contribution in [3.8, 4) is 0 Å². The molecule has 2 rings (SSSR count). The van der Waals surface area contributed by atoms with Gasteiger partial charge < -0.3 is 10.1 Å². The van der Waals surface area contributed by atoms with E-state index >= 15 is 0 Å². The summed E-state index contributed by atoms with van der Waals surface area (Å²) in [6.07, 6.45) is 7.95. The van der Waals surface area contributed by atoms with Gasteiger partial charge in [-0.1, -0.05) is 26.2 Å². The van der Waals surface area contributed by atoms with E-state index in [2.05, 4.69) is 31.0 Å². The summed E-state index contributed by atoms with van der Waals surface area (Å²) in [4.78, 5) is 2.72. The van der Waals surface area contributed by atoms with E-state index < -0.39 is 0 Å². The molecule has 1 heterocycles. The Labute approximate surface area is 119 Å². The fourth-order valence-corrected chi connectivity index (χ4v) is 3.58. The van der Waals surface area contributed by atoms with Crippen molar-refractivity contribution >= 4 is 0 Å². The second-order valence-corrected chi connectivity index (χ2v) is 7.06. The first-order chi connectivity index (χ1) is 9.08. The molecule has 2 fully saturated rings. The van der Waals surface area contributed by atoms with Gasteiger partial charge in [-0.05, 0) is 33.1 Å². The van der Waals surface area contributed by atoms with E-state index in [1.54, 1.807) is 0 Å². The highest BCUT2D eigenvalue weighted by Crippen LogP contribution is 2.38. The van der Waals surface area contributed by atoms with Crippen LogP contribution in [0.25, 0.3) is 0 Å². The summed E-state index contributed by atoms with van der Waals surface area (Å²) < 4.78 is 5.79. The minimum Gasteiger partial charge on any atom is -0.380 e. The maximum atomic E-state index is 5.79. The second kappa shape index (κ2) is 6.55. The molecule has 0 aromatic heterocycles. The molecule has 3 heteroatoms. The number of ether oxygens (including phenoxy) is 1. The van der Waals surface area contributed by atoms with Gasteiger partial charge in [-0.3, -0.25) is 4.90 Å². The van der Waals surface area contributed by atoms with Crippen molar-refractivity contribution in [2.24, 2.45) is 0 Å². The molecule has 2 aliphatic rings. The molecule has 0 bridgehead atoms. The Kier molecular flexibility index (Phi) is 5.27. The zero-order valence-corrected chi connectivity index (χ0v) is 13.1. The molecular weight excluding hydrogens is 236 g/mol. The van der Waals surface area contributed by atoms with Crippen LogP contribution in [0.1, 0.15) is 59.3 Å². The standard InChI is InChI=1S/C16H32N2O/c1-4-5-11-19-12-10-18-14-15(2,3)17-13-16(18)8-6-7-9-16/h17H,4-14H2,1-3H3. The molecule has 0 radical (unpaired) electrons. The van der Waals surface area contributed by atoms with Crippen molar-refractivity contribution in [1.29, 1.82) is 0 Å². The molecule has 19 heavy (non-hydrogen) atoms. The largest absolute Gasteiger partial charge is 0.380 e. The number of rotatable bonds is 6. The summed E-state index contributed by atoms with van der Waals surface area (Å²) in [6, 6.07) is 0. The van der Waals surface area contributed by atoms with Crippen LogP contribution in [0.3, 0.4) is 0 Å². The van der Waals surface area contributed by atoms with E-state index in [1.165, 1.54) is 38.5 Å². The van der Waals surface area contributed by atoms with Gasteiger partial charge >= 0.3 is 0 Å². The number of hydrogen-bond donors (Lipinski definition) is 1. The van der Waals surface area contributed by atoms with Gasteiger partial charge in [0.1, 0.15) is 0 Å². The van der Waals surface area contributed by atoms with Gasteiger partial charge in [0.2, 0.25) is 0 Å². The molecule has 3 nitrogen and oxygen atoms in total. The van der Waals surface area contributed by atoms with Crippen LogP contribution in [0.5, 0.6) is 0 Å². The van der Waals surface area contributed by atoms with E-state index in [-0.39, 0.29) is 5.54 Å². The first-order valence-electron chi connectivity index (χ1n) is 8.16. The predicted molar refractivity (Wildman–Crippen MR) is 80.6 cm³/mol. The molecule has 0 aromatic carbocycles. The Hall–Kier alpha value is -0.120. The van der Waals surface area contributed by atoms with Crippen molar-refractivity contribution in [2.75, 3.05) is 32.8 Å². The van der Waals surface area contributed by atoms with E-state index in [0.29, 0.717) is 5.54 Å². The third-order valence-electron chi connectivity index (χ3n) is 4.84. The van der Waals surface area contributed by atoms with Crippen LogP contribution in [0.4, 0.5) is 0 Å². The van der Waals surface area contributed by atoms with E-state index in [9.17, 15) is 0 Å². The molecule has 1 aliphatic heterocycles. The highest BCUT2D eigenvalue weighted by Gasteiger charge is 2.45. The quantitative estimate of drug-likeness (QED) is 0.750. The van der Waals surface area contributed by atoms with Crippen LogP contribution in [-0.4, -0.2) is 48.8 Å². The Bertz CT molecular complexity index is 272. The Balaban J connectivity index is 1.85. The number of hydrogen-bond acceptors (Lipinski definition) is 3. The first kappa shape index (κ1) is 15.3. The molecular formula is C16H32N2O. The molecule has 0 unspecified atom stereocenters. The van der Waals surface area contributed by atoms with Crippen LogP contribution in [-0.2, 0) is 4.74 Å². The highest BCUT2D eigenvalue weighted by molar-refractivity contribution is 5.04. The van der Waals surface area contributed by atoms with Gasteiger partial charge in [-0.2, -0.15) is 0 Å². The molecule has 1 spiro atoms. The van der Waals surface area contributed by atoms with E-state index in [4.69, 9.17) is 4.74 Å². The Morgan fingerprint density at radius 2 is 1.89 bits per heavy atom. The van der Waals surface area contributed by atoms with Crippen LogP contribution in [0.15, 0.2) is 0 Å². The summed E-state index contributed by atoms with van der Waals surface area (Å²) in [6.45, 7) is 12.1. The molecule has 0 amide bonds. The van der Waals surface area contributed by atoms with Crippen LogP contribution < -0.4 is 5.32 Å². The van der Waals surface area contributed by atoms with Gasteiger partial charge in [0.05, 0.1) is 6.61 Å². The van der Waals surface area contributed by atoms with Crippen molar-refractivity contribution in [3.05, 3.63) is 0 Å². The molecule has 1 saturated heterocycles. The fourth-order valence-electron chi connectivity index (χ4n) is 3.58. The summed E-state index contributed by atoms with van der Waals surface area (Å²) in [5.74, 6) is 0. The lowest BCUT2D eigenvalue weighted by molar-refractivity contribution is -0.00491. The van der Waals surface area contributed by atoms with Crippen LogP contribution in [0.2, 0.25) is 0 Å². The van der Waals surface area contributed by atoms with Gasteiger partial charge in [-0.15, -0.1) is 0 Å². The van der Waals surface area contributed by atoms with Crippen molar-refractivity contribution < 1.29 is 4.74 Å². The van der Waals surface area contributed by atoms with Gasteiger partial charge in [0.25, 0.3) is 0 Å². The molecule has 0 atom stereocenters. The minimum atomic E-state index is 0.247. The lowest BCUT2D eigenvalue weighted by Crippen LogP contribution is -2.67. The minimum absolute atomic E-state index is 0.247. The number of nitrogens with zero attached hydrogens (tertiary/aromatic N) is 1. The molecule has 0 aromatic rings. The monoisotopic (exact) mass is 268 g/mol. The van der Waals surface area contributed by atoms with Crippen LogP contribution in [0, 0.1) is 0 Å². The molecule has 1 saturated carbocycles. The smallest absolute Gasteiger partial charge is 0.0593 e. The lowest BCUT2D eigenvalue weighted by Gasteiger charge is -2.51. The molecule has 1 N–H and O–H groups in total. The highest BCUT2D eigenvalue weighted by atomic mass is 16.5. The van der Waals surface area contributed by atoms with E-state index in [1.807, 2.05) is 0 Å². The zero-order valence-electron chi connectivity index (χ0n) is 13.1. The van der Waals surface area contributed by atoms with Crippen molar-refractivity contribution in [3.63, 3.8) is 0 Å². The normalized spacial score (nSPS) is 26.1. The first-order valence-corrected chi connectivity index (χ1v) is 8.16. The summed E-state index contributed by atoms with van der Waals surface area (Å²) in [5.41, 5.74) is 0.681. The molecule has 1 aliphatic carbocycles. The number of nitrogens with one attached hydrogen (secondary N) is 1. The number of unbranched alkanes of at least 4 members (excludes halogenated alkanes) is 1. The second-order valence-electron chi connectivity index (χ2n) is 7.06.